The van der Waals surface area contributed by atoms with Gasteiger partial charge in [-0.3, -0.25) is 14.6 Å². The molecule has 1 atom stereocenters. The molecule has 1 aromatic heterocycles. The van der Waals surface area contributed by atoms with Gasteiger partial charge in [0.15, 0.2) is 0 Å². The van der Waals surface area contributed by atoms with Crippen LogP contribution in [-0.4, -0.2) is 39.2 Å². The SMILES string of the molecule is Cc1cccc(CN2C(=O)CN(Cc3cccc(F)c3)C(=O)[C@@H]2C)n1. The Hall–Kier alpha value is -2.76. The first-order chi connectivity index (χ1) is 11.9. The topological polar surface area (TPSA) is 53.5 Å². The number of halogens is 1. The van der Waals surface area contributed by atoms with Gasteiger partial charge in [0.2, 0.25) is 11.8 Å². The lowest BCUT2D eigenvalue weighted by atomic mass is 10.1. The Morgan fingerprint density at radius 2 is 1.92 bits per heavy atom. The first-order valence-corrected chi connectivity index (χ1v) is 8.19. The molecule has 1 aliphatic rings. The van der Waals surface area contributed by atoms with E-state index in [1.54, 1.807) is 24.0 Å². The molecule has 0 bridgehead atoms. The van der Waals surface area contributed by atoms with Gasteiger partial charge in [0, 0.05) is 12.2 Å². The highest BCUT2D eigenvalue weighted by atomic mass is 19.1. The number of nitrogens with zero attached hydrogens (tertiary/aromatic N) is 3. The maximum Gasteiger partial charge on any atom is 0.245 e. The zero-order chi connectivity index (χ0) is 18.0. The number of pyridine rings is 1. The van der Waals surface area contributed by atoms with Crippen LogP contribution in [0.2, 0.25) is 0 Å². The van der Waals surface area contributed by atoms with E-state index in [4.69, 9.17) is 0 Å². The van der Waals surface area contributed by atoms with Crippen LogP contribution in [-0.2, 0) is 22.7 Å². The van der Waals surface area contributed by atoms with E-state index >= 15 is 0 Å². The molecule has 0 radical (unpaired) electrons. The molecule has 0 aliphatic carbocycles. The van der Waals surface area contributed by atoms with Crippen LogP contribution in [0.3, 0.4) is 0 Å². The molecule has 1 aromatic carbocycles. The Labute approximate surface area is 146 Å². The lowest BCUT2D eigenvalue weighted by Crippen LogP contribution is -2.58. The highest BCUT2D eigenvalue weighted by Gasteiger charge is 2.36. The van der Waals surface area contributed by atoms with Crippen molar-refractivity contribution in [3.05, 3.63) is 65.2 Å². The highest BCUT2D eigenvalue weighted by Crippen LogP contribution is 2.18. The Kier molecular flexibility index (Phi) is 4.79. The van der Waals surface area contributed by atoms with E-state index in [2.05, 4.69) is 4.98 Å². The van der Waals surface area contributed by atoms with Gasteiger partial charge in [0.05, 0.1) is 12.2 Å². The second-order valence-corrected chi connectivity index (χ2v) is 6.29. The molecule has 130 valence electrons. The maximum absolute atomic E-state index is 13.3. The van der Waals surface area contributed by atoms with Crippen LogP contribution in [0.4, 0.5) is 4.39 Å². The van der Waals surface area contributed by atoms with Gasteiger partial charge in [0.25, 0.3) is 0 Å². The van der Waals surface area contributed by atoms with Crippen molar-refractivity contribution < 1.29 is 14.0 Å². The fraction of sp³-hybridized carbons (Fsp3) is 0.316. The molecular formula is C19H20FN3O2. The van der Waals surface area contributed by atoms with Crippen molar-refractivity contribution in [3.8, 4) is 0 Å². The van der Waals surface area contributed by atoms with E-state index in [1.165, 1.54) is 17.0 Å². The first-order valence-electron chi connectivity index (χ1n) is 8.19. The summed E-state index contributed by atoms with van der Waals surface area (Å²) in [6.45, 7) is 4.13. The molecule has 1 fully saturated rings. The maximum atomic E-state index is 13.3. The standard InChI is InChI=1S/C19H20FN3O2/c1-13-5-3-8-17(21-13)11-23-14(2)19(25)22(12-18(23)24)10-15-6-4-7-16(20)9-15/h3-9,14H,10-12H2,1-2H3/t14-/m0/s1. The number of rotatable bonds is 4. The van der Waals surface area contributed by atoms with E-state index in [0.717, 1.165) is 11.4 Å². The van der Waals surface area contributed by atoms with Gasteiger partial charge in [-0.25, -0.2) is 4.39 Å². The molecule has 0 spiro atoms. The highest BCUT2D eigenvalue weighted by molar-refractivity contribution is 5.94. The van der Waals surface area contributed by atoms with Crippen LogP contribution >= 0.6 is 0 Å². The summed E-state index contributed by atoms with van der Waals surface area (Å²) in [5, 5.41) is 0. The minimum atomic E-state index is -0.572. The van der Waals surface area contributed by atoms with E-state index in [0.29, 0.717) is 12.1 Å². The molecule has 2 heterocycles. The largest absolute Gasteiger partial charge is 0.327 e. The van der Waals surface area contributed by atoms with Crippen LogP contribution < -0.4 is 0 Å². The molecular weight excluding hydrogens is 321 g/mol. The molecule has 3 rings (SSSR count). The van der Waals surface area contributed by atoms with Gasteiger partial charge >= 0.3 is 0 Å². The predicted octanol–water partition coefficient (Wildman–Crippen LogP) is 2.29. The number of piperazine rings is 1. The summed E-state index contributed by atoms with van der Waals surface area (Å²) in [7, 11) is 0. The van der Waals surface area contributed by atoms with E-state index in [9.17, 15) is 14.0 Å². The van der Waals surface area contributed by atoms with Crippen LogP contribution in [0.5, 0.6) is 0 Å². The summed E-state index contributed by atoms with van der Waals surface area (Å²) >= 11 is 0. The van der Waals surface area contributed by atoms with Crippen LogP contribution in [0.1, 0.15) is 23.9 Å². The van der Waals surface area contributed by atoms with Crippen molar-refractivity contribution in [2.45, 2.75) is 33.0 Å². The zero-order valence-electron chi connectivity index (χ0n) is 14.3. The molecule has 0 unspecified atom stereocenters. The third-order valence-corrected chi connectivity index (χ3v) is 4.32. The average molecular weight is 341 g/mol. The molecule has 0 N–H and O–H groups in total. The van der Waals surface area contributed by atoms with Crippen LogP contribution in [0, 0.1) is 12.7 Å². The average Bonchev–Trinajstić information content (AvgIpc) is 2.56. The smallest absolute Gasteiger partial charge is 0.245 e. The lowest BCUT2D eigenvalue weighted by molar-refractivity contribution is -0.156. The van der Waals surface area contributed by atoms with Crippen molar-refractivity contribution in [3.63, 3.8) is 0 Å². The number of carbonyl (C=O) groups is 2. The number of aromatic nitrogens is 1. The van der Waals surface area contributed by atoms with E-state index < -0.39 is 6.04 Å². The molecule has 5 nitrogen and oxygen atoms in total. The molecule has 2 aromatic rings. The van der Waals surface area contributed by atoms with Gasteiger partial charge < -0.3 is 9.80 Å². The summed E-state index contributed by atoms with van der Waals surface area (Å²) in [5.74, 6) is -0.628. The number of hydrogen-bond acceptors (Lipinski definition) is 3. The predicted molar refractivity (Wildman–Crippen MR) is 90.8 cm³/mol. The minimum Gasteiger partial charge on any atom is -0.327 e. The van der Waals surface area contributed by atoms with E-state index in [1.807, 2.05) is 25.1 Å². The fourth-order valence-corrected chi connectivity index (χ4v) is 3.02. The zero-order valence-corrected chi connectivity index (χ0v) is 14.3. The summed E-state index contributed by atoms with van der Waals surface area (Å²) in [4.78, 5) is 32.6. The molecule has 0 saturated carbocycles. The summed E-state index contributed by atoms with van der Waals surface area (Å²) in [5.41, 5.74) is 2.29. The molecule has 1 saturated heterocycles. The normalized spacial score (nSPS) is 18.0. The van der Waals surface area contributed by atoms with Crippen molar-refractivity contribution >= 4 is 11.8 Å². The van der Waals surface area contributed by atoms with Gasteiger partial charge in [-0.2, -0.15) is 0 Å². The second-order valence-electron chi connectivity index (χ2n) is 6.29. The number of carbonyl (C=O) groups excluding carboxylic acids is 2. The van der Waals surface area contributed by atoms with E-state index in [-0.39, 0.29) is 30.7 Å². The summed E-state index contributed by atoms with van der Waals surface area (Å²) in [6, 6.07) is 11.1. The number of aryl methyl sites for hydroxylation is 1. The monoisotopic (exact) mass is 341 g/mol. The van der Waals surface area contributed by atoms with Crippen molar-refractivity contribution in [1.29, 1.82) is 0 Å². The quantitative estimate of drug-likeness (QED) is 0.857. The Morgan fingerprint density at radius 3 is 2.64 bits per heavy atom. The van der Waals surface area contributed by atoms with Crippen LogP contribution in [0.15, 0.2) is 42.5 Å². The summed E-state index contributed by atoms with van der Waals surface area (Å²) in [6.07, 6.45) is 0. The molecule has 6 heteroatoms. The lowest BCUT2D eigenvalue weighted by Gasteiger charge is -2.38. The van der Waals surface area contributed by atoms with Crippen LogP contribution in [0.25, 0.3) is 0 Å². The Balaban J connectivity index is 1.73. The van der Waals surface area contributed by atoms with Crippen molar-refractivity contribution in [2.75, 3.05) is 6.54 Å². The van der Waals surface area contributed by atoms with Crippen molar-refractivity contribution in [1.82, 2.24) is 14.8 Å². The van der Waals surface area contributed by atoms with Gasteiger partial charge in [0.1, 0.15) is 18.4 Å². The third-order valence-electron chi connectivity index (χ3n) is 4.32. The minimum absolute atomic E-state index is 0.00843. The fourth-order valence-electron chi connectivity index (χ4n) is 3.02. The molecule has 25 heavy (non-hydrogen) atoms. The molecule has 2 amide bonds. The van der Waals surface area contributed by atoms with Gasteiger partial charge in [-0.05, 0) is 43.7 Å². The number of hydrogen-bond donors (Lipinski definition) is 0. The van der Waals surface area contributed by atoms with Gasteiger partial charge in [-0.1, -0.05) is 18.2 Å². The number of benzene rings is 1. The second kappa shape index (κ2) is 7.01. The Morgan fingerprint density at radius 1 is 1.16 bits per heavy atom. The summed E-state index contributed by atoms with van der Waals surface area (Å²) < 4.78 is 13.3. The van der Waals surface area contributed by atoms with Gasteiger partial charge in [-0.15, -0.1) is 0 Å². The molecule has 1 aliphatic heterocycles. The number of amides is 2. The van der Waals surface area contributed by atoms with Crippen molar-refractivity contribution in [2.24, 2.45) is 0 Å². The first kappa shape index (κ1) is 17.1. The Bertz CT molecular complexity index is 809. The third kappa shape index (κ3) is 3.84.